The van der Waals surface area contributed by atoms with E-state index < -0.39 is 0 Å². The van der Waals surface area contributed by atoms with Crippen molar-refractivity contribution in [3.8, 4) is 58.8 Å². The Bertz CT molecular complexity index is 7140. The molecule has 20 rings (SSSR count). The van der Waals surface area contributed by atoms with Crippen LogP contribution >= 0.6 is 0 Å². The molecule has 109 heavy (non-hydrogen) atoms. The Morgan fingerprint density at radius 3 is 1.11 bits per heavy atom. The summed E-state index contributed by atoms with van der Waals surface area (Å²) >= 11 is 0. The highest BCUT2D eigenvalue weighted by Gasteiger charge is 2.37. The van der Waals surface area contributed by atoms with Crippen LogP contribution in [0.2, 0.25) is 0 Å². The Balaban J connectivity index is 0.000000104. The molecule has 0 unspecified atom stereocenters. The topological polar surface area (TPSA) is 185 Å². The van der Waals surface area contributed by atoms with Crippen molar-refractivity contribution in [1.29, 1.82) is 26.3 Å². The van der Waals surface area contributed by atoms with Gasteiger partial charge >= 0.3 is 0 Å². The lowest BCUT2D eigenvalue weighted by atomic mass is 10.0. The first-order chi connectivity index (χ1) is 52.7. The first-order valence-electron chi connectivity index (χ1n) is 35.1. The molecule has 5 aliphatic rings. The van der Waals surface area contributed by atoms with E-state index in [9.17, 15) is 26.3 Å². The fraction of sp³-hybridized carbons (Fsp3) is 0.157. The van der Waals surface area contributed by atoms with E-state index in [2.05, 4.69) is 230 Å². The number of hydrogen-bond acceptors (Lipinski definition) is 5. The molecule has 0 radical (unpaired) electrons. The van der Waals surface area contributed by atoms with Crippen LogP contribution in [0, 0.1) is 152 Å². The third-order valence-electron chi connectivity index (χ3n) is 21.4. The van der Waals surface area contributed by atoms with Gasteiger partial charge in [-0.3, -0.25) is 0 Å². The number of aromatic nitrogens is 10. The van der Waals surface area contributed by atoms with E-state index in [1.165, 1.54) is 95.0 Å². The van der Waals surface area contributed by atoms with Crippen molar-refractivity contribution >= 4 is 83.0 Å². The molecule has 0 atom stereocenters. The lowest BCUT2D eigenvalue weighted by Crippen LogP contribution is -2.36. The standard InChI is InChI=1S/4C18H13N4.C17H11N4/c1-11-4-14-9-21-10-16-13(8-19)6-15(20-3)7-18(16)22(21)17(14)5-12(11)2;1-11-4-12(2)15-9-21-10-16-13(8-19)6-14(20-3)7-18(16)22(21)17(15)5-11;1-11-4-12(2)18-14(5-11)9-21-10-16-13(8-19)6-15(20-3)7-17(16)22(18)21;1-11-4-5-13-9-21-10-16-14(8-19)6-15(20-3)7-17(16)22(21)18(13)12(11)2;1-11-4-3-5-12-9-20-10-15-13(8-18)6-14(19-2)7-16(15)21(20)17(11)12/h4*4-7,10H,9H2,1-2H3;3-7,10H,9H2,1H3/q5*+1. The predicted octanol–water partition coefficient (Wildman–Crippen LogP) is 16.3. The molecule has 0 aliphatic carbocycles. The molecule has 0 amide bonds. The molecule has 15 aromatic rings. The van der Waals surface area contributed by atoms with Gasteiger partial charge in [-0.05, 0) is 198 Å². The van der Waals surface area contributed by atoms with Gasteiger partial charge in [-0.2, -0.15) is 26.3 Å². The van der Waals surface area contributed by atoms with Crippen LogP contribution in [0.25, 0.3) is 107 Å². The number of fused-ring (bicyclic) bond motifs is 25. The van der Waals surface area contributed by atoms with Gasteiger partial charge in [0.05, 0.1) is 124 Å². The molecule has 0 saturated carbocycles. The first-order valence-corrected chi connectivity index (χ1v) is 35.1. The fourth-order valence-electron chi connectivity index (χ4n) is 16.4. The van der Waals surface area contributed by atoms with Gasteiger partial charge < -0.3 is 0 Å². The van der Waals surface area contributed by atoms with Crippen molar-refractivity contribution in [2.45, 2.75) is 95.0 Å². The van der Waals surface area contributed by atoms with Gasteiger partial charge in [-0.25, -0.2) is 24.2 Å². The Kier molecular flexibility index (Phi) is 16.2. The summed E-state index contributed by atoms with van der Waals surface area (Å²) in [6.45, 7) is 59.2. The molecule has 0 N–H and O–H groups in total. The normalized spacial score (nSPS) is 11.8. The van der Waals surface area contributed by atoms with E-state index in [1.807, 2.05) is 61.3 Å². The Morgan fingerprint density at radius 2 is 0.661 bits per heavy atom. The van der Waals surface area contributed by atoms with Crippen molar-refractivity contribution in [1.82, 2.24) is 23.4 Å². The van der Waals surface area contributed by atoms with Crippen molar-refractivity contribution in [2.75, 3.05) is 0 Å². The Labute approximate surface area is 627 Å². The van der Waals surface area contributed by atoms with Gasteiger partial charge in [0.2, 0.25) is 31.0 Å². The molecule has 5 aromatic heterocycles. The number of nitriles is 5. The SMILES string of the molecule is [C-]#[N+]c1cc(C#N)c2c[n+]3n(c2c1)-c1c(C)cc(C)cc1C3.[C-]#[N+]c1cc(C#N)c2c[n+]3n(c2c1)-c1c(C)cccc1C3.[C-]#[N+]c1cc(C#N)c2c[n+]3n(c2c1)-c1c(ccc(C)c1C)C3.[C-]#[N+]c1cc(C#N)c2c[n+]3n(c2c1)-c1cc(C)c(C)cc1C3.[C-]#[N+]c1cc(C#N)c2c[n+]3n(c2c1)-c1cc(C)cc(C)c1C3. The van der Waals surface area contributed by atoms with Gasteiger partial charge in [-0.1, -0.05) is 42.0 Å². The van der Waals surface area contributed by atoms with Gasteiger partial charge in [-0.15, -0.1) is 46.8 Å². The largest absolute Gasteiger partial charge is 0.238 e. The van der Waals surface area contributed by atoms with E-state index >= 15 is 0 Å². The molecule has 0 spiro atoms. The minimum Gasteiger partial charge on any atom is -0.238 e. The predicted molar refractivity (Wildman–Crippen MR) is 410 cm³/mol. The van der Waals surface area contributed by atoms with Crippen molar-refractivity contribution in [3.05, 3.63) is 321 Å². The molecule has 10 heterocycles. The molecular formula is C89H63N20+5. The minimum atomic E-state index is 0.502. The zero-order chi connectivity index (χ0) is 76.3. The summed E-state index contributed by atoms with van der Waals surface area (Å²) in [4.78, 5) is 17.5. The molecule has 0 fully saturated rings. The monoisotopic (exact) mass is 1410 g/mol. The molecule has 10 aromatic carbocycles. The van der Waals surface area contributed by atoms with Gasteiger partial charge in [0.15, 0.2) is 61.2 Å². The average molecular weight is 1410 g/mol. The summed E-state index contributed by atoms with van der Waals surface area (Å²) in [6.07, 6.45) is 10.0. The maximum absolute atomic E-state index is 9.37. The summed E-state index contributed by atoms with van der Waals surface area (Å²) in [6, 6.07) is 52.4. The summed E-state index contributed by atoms with van der Waals surface area (Å²) in [5.74, 6) is 0. The average Bonchev–Trinajstić information content (AvgIpc) is 1.61. The van der Waals surface area contributed by atoms with Crippen LogP contribution in [0.4, 0.5) is 28.4 Å². The molecule has 20 heteroatoms. The second kappa shape index (κ2) is 26.0. The summed E-state index contributed by atoms with van der Waals surface area (Å²) < 4.78 is 21.2. The van der Waals surface area contributed by atoms with E-state index in [-0.39, 0.29) is 0 Å². The second-order valence-corrected chi connectivity index (χ2v) is 28.3. The maximum atomic E-state index is 9.37. The third-order valence-corrected chi connectivity index (χ3v) is 21.4. The van der Waals surface area contributed by atoms with Crippen LogP contribution in [-0.2, 0) is 32.7 Å². The van der Waals surface area contributed by atoms with Gasteiger partial charge in [0.1, 0.15) is 56.0 Å². The molecule has 5 aliphatic heterocycles. The first kappa shape index (κ1) is 67.9. The van der Waals surface area contributed by atoms with Gasteiger partial charge in [0.25, 0.3) is 0 Å². The highest BCUT2D eigenvalue weighted by atomic mass is 15.4. The lowest BCUT2D eigenvalue weighted by Gasteiger charge is -2.06. The van der Waals surface area contributed by atoms with Crippen LogP contribution in [0.3, 0.4) is 0 Å². The minimum absolute atomic E-state index is 0.502. The summed E-state index contributed by atoms with van der Waals surface area (Å²) in [5, 5.41) is 51.3. The molecule has 20 nitrogen and oxygen atoms in total. The van der Waals surface area contributed by atoms with Crippen LogP contribution in [0.1, 0.15) is 106 Å². The van der Waals surface area contributed by atoms with E-state index in [0.29, 0.717) is 56.3 Å². The Hall–Kier alpha value is -15.6. The summed E-state index contributed by atoms with van der Waals surface area (Å²) in [5.41, 5.74) is 33.3. The number of rotatable bonds is 0. The number of nitrogens with zero attached hydrogens (tertiary/aromatic N) is 20. The van der Waals surface area contributed by atoms with E-state index in [4.69, 9.17) is 32.9 Å². The van der Waals surface area contributed by atoms with Crippen LogP contribution in [-0.4, -0.2) is 23.4 Å². The lowest BCUT2D eigenvalue weighted by molar-refractivity contribution is -0.749. The smallest absolute Gasteiger partial charge is 0.205 e. The molecule has 0 saturated heterocycles. The Morgan fingerprint density at radius 1 is 0.303 bits per heavy atom. The van der Waals surface area contributed by atoms with E-state index in [1.54, 1.807) is 30.3 Å². The highest BCUT2D eigenvalue weighted by molar-refractivity contribution is 5.93. The van der Waals surface area contributed by atoms with Crippen molar-refractivity contribution < 1.29 is 23.4 Å². The molecule has 514 valence electrons. The number of para-hydroxylation sites is 1. The second-order valence-electron chi connectivity index (χ2n) is 28.3. The third kappa shape index (κ3) is 10.9. The number of hydrogen-bond donors (Lipinski definition) is 0. The van der Waals surface area contributed by atoms with Crippen molar-refractivity contribution in [3.63, 3.8) is 0 Å². The summed E-state index contributed by atoms with van der Waals surface area (Å²) in [7, 11) is 0. The quantitative estimate of drug-likeness (QED) is 0.108. The molecular weight excluding hydrogens is 1350 g/mol. The van der Waals surface area contributed by atoms with E-state index in [0.717, 1.165) is 98.6 Å². The van der Waals surface area contributed by atoms with Crippen LogP contribution in [0.5, 0.6) is 0 Å². The maximum Gasteiger partial charge on any atom is 0.205 e. The van der Waals surface area contributed by atoms with Crippen LogP contribution in [0.15, 0.2) is 158 Å². The number of aryl methyl sites for hydroxylation is 8. The fourth-order valence-corrected chi connectivity index (χ4v) is 16.4. The molecule has 0 bridgehead atoms. The highest BCUT2D eigenvalue weighted by Crippen LogP contribution is 2.39. The van der Waals surface area contributed by atoms with Crippen LogP contribution < -0.4 is 23.4 Å². The zero-order valence-corrected chi connectivity index (χ0v) is 61.0. The van der Waals surface area contributed by atoms with Crippen molar-refractivity contribution in [2.24, 2.45) is 0 Å². The van der Waals surface area contributed by atoms with Gasteiger partial charge in [0, 0.05) is 22.3 Å². The number of benzene rings is 10. The zero-order valence-electron chi connectivity index (χ0n) is 61.0.